The van der Waals surface area contributed by atoms with Gasteiger partial charge in [0.1, 0.15) is 0 Å². The molecular formula is C21H26BrN3O3S. The van der Waals surface area contributed by atoms with Gasteiger partial charge in [-0.2, -0.15) is 4.31 Å². The van der Waals surface area contributed by atoms with Crippen LogP contribution in [0.4, 0.5) is 5.69 Å². The van der Waals surface area contributed by atoms with Crippen LogP contribution in [0, 0.1) is 20.8 Å². The zero-order chi connectivity index (χ0) is 21.2. The predicted octanol–water partition coefficient (Wildman–Crippen LogP) is 3.32. The molecule has 1 fully saturated rings. The number of hydrogen-bond donors (Lipinski definition) is 1. The van der Waals surface area contributed by atoms with E-state index in [-0.39, 0.29) is 12.5 Å². The lowest BCUT2D eigenvalue weighted by atomic mass is 10.1. The lowest BCUT2D eigenvalue weighted by Crippen LogP contribution is -2.50. The van der Waals surface area contributed by atoms with E-state index in [1.807, 2.05) is 49.9 Å². The minimum absolute atomic E-state index is 0.111. The predicted molar refractivity (Wildman–Crippen MR) is 119 cm³/mol. The molecule has 6 nitrogen and oxygen atoms in total. The van der Waals surface area contributed by atoms with Crippen molar-refractivity contribution in [1.82, 2.24) is 9.21 Å². The lowest BCUT2D eigenvalue weighted by Gasteiger charge is -2.33. The van der Waals surface area contributed by atoms with Crippen molar-refractivity contribution in [3.63, 3.8) is 0 Å². The van der Waals surface area contributed by atoms with Gasteiger partial charge in [-0.3, -0.25) is 9.69 Å². The Bertz CT molecular complexity index is 1020. The molecule has 1 amide bonds. The molecule has 2 aromatic carbocycles. The Labute approximate surface area is 181 Å². The van der Waals surface area contributed by atoms with Gasteiger partial charge in [0, 0.05) is 30.7 Å². The van der Waals surface area contributed by atoms with Crippen molar-refractivity contribution in [2.45, 2.75) is 25.7 Å². The maximum atomic E-state index is 12.9. The largest absolute Gasteiger partial charge is 0.324 e. The van der Waals surface area contributed by atoms with Gasteiger partial charge in [-0.1, -0.05) is 12.1 Å². The van der Waals surface area contributed by atoms with Crippen molar-refractivity contribution in [3.05, 3.63) is 57.6 Å². The number of hydrogen-bond acceptors (Lipinski definition) is 4. The van der Waals surface area contributed by atoms with E-state index in [9.17, 15) is 13.2 Å². The Balaban J connectivity index is 1.57. The van der Waals surface area contributed by atoms with Gasteiger partial charge in [0.25, 0.3) is 0 Å². The molecule has 2 aromatic rings. The molecule has 0 aromatic heterocycles. The fourth-order valence-corrected chi connectivity index (χ4v) is 5.37. The number of anilines is 1. The first-order chi connectivity index (χ1) is 13.7. The minimum Gasteiger partial charge on any atom is -0.324 e. The Kier molecular flexibility index (Phi) is 6.78. The monoisotopic (exact) mass is 479 g/mol. The van der Waals surface area contributed by atoms with Crippen molar-refractivity contribution >= 4 is 37.5 Å². The number of carbonyl (C=O) groups is 1. The van der Waals surface area contributed by atoms with Crippen molar-refractivity contribution in [3.8, 4) is 0 Å². The summed E-state index contributed by atoms with van der Waals surface area (Å²) in [5.74, 6) is -0.111. The van der Waals surface area contributed by atoms with Gasteiger partial charge in [0.05, 0.1) is 17.1 Å². The summed E-state index contributed by atoms with van der Waals surface area (Å²) in [5, 5.41) is 2.90. The van der Waals surface area contributed by atoms with Crippen molar-refractivity contribution < 1.29 is 13.2 Å². The molecule has 0 aliphatic carbocycles. The van der Waals surface area contributed by atoms with Crippen LogP contribution in [0.25, 0.3) is 0 Å². The average Bonchev–Trinajstić information content (AvgIpc) is 2.66. The highest BCUT2D eigenvalue weighted by Gasteiger charge is 2.29. The van der Waals surface area contributed by atoms with Gasteiger partial charge in [-0.05, 0) is 77.7 Å². The number of benzene rings is 2. The molecule has 1 aliphatic heterocycles. The van der Waals surface area contributed by atoms with E-state index in [2.05, 4.69) is 21.2 Å². The SMILES string of the molecule is Cc1ccc(NC(=O)CN2CCN(S(=O)(=O)c3ccc(C)c(C)c3)CC2)c(Br)c1. The Hall–Kier alpha value is -1.74. The average molecular weight is 480 g/mol. The smallest absolute Gasteiger partial charge is 0.243 e. The van der Waals surface area contributed by atoms with Crippen molar-refractivity contribution in [2.24, 2.45) is 0 Å². The standard InChI is InChI=1S/C21H26BrN3O3S/c1-15-4-7-20(19(22)12-15)23-21(26)14-24-8-10-25(11-9-24)29(27,28)18-6-5-16(2)17(3)13-18/h4-7,12-13H,8-11,14H2,1-3H3,(H,23,26). The Morgan fingerprint density at radius 1 is 1.00 bits per heavy atom. The normalized spacial score (nSPS) is 16.0. The molecular weight excluding hydrogens is 454 g/mol. The summed E-state index contributed by atoms with van der Waals surface area (Å²) in [6.45, 7) is 7.88. The summed E-state index contributed by atoms with van der Waals surface area (Å²) in [7, 11) is -3.51. The van der Waals surface area contributed by atoms with E-state index >= 15 is 0 Å². The van der Waals surface area contributed by atoms with Crippen LogP contribution < -0.4 is 5.32 Å². The molecule has 1 aliphatic rings. The van der Waals surface area contributed by atoms with Crippen LogP contribution >= 0.6 is 15.9 Å². The summed E-state index contributed by atoms with van der Waals surface area (Å²) in [6.07, 6.45) is 0. The van der Waals surface area contributed by atoms with Gasteiger partial charge in [0.15, 0.2) is 0 Å². The molecule has 29 heavy (non-hydrogen) atoms. The summed E-state index contributed by atoms with van der Waals surface area (Å²) in [6, 6.07) is 11.0. The number of piperazine rings is 1. The maximum Gasteiger partial charge on any atom is 0.243 e. The number of amides is 1. The fraction of sp³-hybridized carbons (Fsp3) is 0.381. The number of carbonyl (C=O) groups excluding carboxylic acids is 1. The number of rotatable bonds is 5. The van der Waals surface area contributed by atoms with Crippen LogP contribution in [0.15, 0.2) is 45.8 Å². The topological polar surface area (TPSA) is 69.7 Å². The third-order valence-electron chi connectivity index (χ3n) is 5.21. The molecule has 1 N–H and O–H groups in total. The molecule has 0 atom stereocenters. The second-order valence-electron chi connectivity index (χ2n) is 7.46. The zero-order valence-electron chi connectivity index (χ0n) is 16.9. The van der Waals surface area contributed by atoms with Gasteiger partial charge in [0.2, 0.25) is 15.9 Å². The van der Waals surface area contributed by atoms with Crippen molar-refractivity contribution in [1.29, 1.82) is 0 Å². The molecule has 0 saturated carbocycles. The molecule has 0 unspecified atom stereocenters. The molecule has 0 spiro atoms. The van der Waals surface area contributed by atoms with Crippen LogP contribution in [0.3, 0.4) is 0 Å². The highest BCUT2D eigenvalue weighted by atomic mass is 79.9. The molecule has 8 heteroatoms. The first-order valence-electron chi connectivity index (χ1n) is 9.52. The van der Waals surface area contributed by atoms with E-state index in [0.29, 0.717) is 31.1 Å². The van der Waals surface area contributed by atoms with Crippen LogP contribution in [0.1, 0.15) is 16.7 Å². The number of nitrogens with one attached hydrogen (secondary N) is 1. The summed E-state index contributed by atoms with van der Waals surface area (Å²) in [4.78, 5) is 14.7. The first kappa shape index (κ1) is 22.0. The first-order valence-corrected chi connectivity index (χ1v) is 11.8. The number of halogens is 1. The Morgan fingerprint density at radius 3 is 2.31 bits per heavy atom. The van der Waals surface area contributed by atoms with Crippen LogP contribution in [-0.2, 0) is 14.8 Å². The lowest BCUT2D eigenvalue weighted by molar-refractivity contribution is -0.117. The van der Waals surface area contributed by atoms with Crippen LogP contribution in [-0.4, -0.2) is 56.3 Å². The number of aryl methyl sites for hydroxylation is 3. The van der Waals surface area contributed by atoms with Gasteiger partial charge in [-0.25, -0.2) is 8.42 Å². The molecule has 0 bridgehead atoms. The third-order valence-corrected chi connectivity index (χ3v) is 7.76. The van der Waals surface area contributed by atoms with E-state index < -0.39 is 10.0 Å². The second-order valence-corrected chi connectivity index (χ2v) is 10.3. The van der Waals surface area contributed by atoms with Gasteiger partial charge >= 0.3 is 0 Å². The van der Waals surface area contributed by atoms with E-state index in [0.717, 1.165) is 26.9 Å². The van der Waals surface area contributed by atoms with Crippen LogP contribution in [0.2, 0.25) is 0 Å². The molecule has 1 saturated heterocycles. The minimum atomic E-state index is -3.51. The maximum absolute atomic E-state index is 12.9. The highest BCUT2D eigenvalue weighted by Crippen LogP contribution is 2.24. The summed E-state index contributed by atoms with van der Waals surface area (Å²) < 4.78 is 28.2. The Morgan fingerprint density at radius 2 is 1.69 bits per heavy atom. The van der Waals surface area contributed by atoms with Gasteiger partial charge in [-0.15, -0.1) is 0 Å². The van der Waals surface area contributed by atoms with E-state index in [1.54, 1.807) is 12.1 Å². The number of nitrogens with zero attached hydrogens (tertiary/aromatic N) is 2. The van der Waals surface area contributed by atoms with Gasteiger partial charge < -0.3 is 5.32 Å². The quantitative estimate of drug-likeness (QED) is 0.713. The van der Waals surface area contributed by atoms with E-state index in [4.69, 9.17) is 0 Å². The molecule has 3 rings (SSSR count). The summed E-state index contributed by atoms with van der Waals surface area (Å²) >= 11 is 3.46. The fourth-order valence-electron chi connectivity index (χ4n) is 3.27. The molecule has 0 radical (unpaired) electrons. The number of sulfonamides is 1. The van der Waals surface area contributed by atoms with Crippen molar-refractivity contribution in [2.75, 3.05) is 38.0 Å². The third kappa shape index (κ3) is 5.25. The van der Waals surface area contributed by atoms with E-state index in [1.165, 1.54) is 4.31 Å². The summed E-state index contributed by atoms with van der Waals surface area (Å²) in [5.41, 5.74) is 3.87. The second kappa shape index (κ2) is 8.95. The zero-order valence-corrected chi connectivity index (χ0v) is 19.3. The van der Waals surface area contributed by atoms with Crippen LogP contribution in [0.5, 0.6) is 0 Å². The molecule has 1 heterocycles. The highest BCUT2D eigenvalue weighted by molar-refractivity contribution is 9.10. The molecule has 156 valence electrons.